The van der Waals surface area contributed by atoms with Crippen molar-refractivity contribution < 1.29 is 14.3 Å². The summed E-state index contributed by atoms with van der Waals surface area (Å²) in [6.45, 7) is 4.01. The van der Waals surface area contributed by atoms with Crippen molar-refractivity contribution in [3.8, 4) is 0 Å². The van der Waals surface area contributed by atoms with E-state index in [4.69, 9.17) is 4.74 Å². The van der Waals surface area contributed by atoms with Gasteiger partial charge in [-0.15, -0.1) is 0 Å². The molecule has 1 atom stereocenters. The summed E-state index contributed by atoms with van der Waals surface area (Å²) >= 11 is 0. The van der Waals surface area contributed by atoms with Gasteiger partial charge in [0.05, 0.1) is 18.2 Å². The number of ether oxygens (including phenoxy) is 1. The van der Waals surface area contributed by atoms with E-state index in [0.29, 0.717) is 17.9 Å². The maximum Gasteiger partial charge on any atom is 0.338 e. The molecule has 0 saturated carbocycles. The number of nitrogens with one attached hydrogen (secondary N) is 2. The Hall–Kier alpha value is -2.50. The highest BCUT2D eigenvalue weighted by Gasteiger charge is 2.32. The van der Waals surface area contributed by atoms with E-state index >= 15 is 0 Å². The number of urea groups is 1. The molecule has 1 aliphatic rings. The number of hydrogen-bond acceptors (Lipinski definition) is 4. The van der Waals surface area contributed by atoms with Crippen LogP contribution in [0, 0.1) is 0 Å². The van der Waals surface area contributed by atoms with Crippen LogP contribution >= 0.6 is 0 Å². The highest BCUT2D eigenvalue weighted by atomic mass is 16.5. The van der Waals surface area contributed by atoms with E-state index in [1.807, 2.05) is 50.2 Å². The van der Waals surface area contributed by atoms with Crippen LogP contribution < -0.4 is 15.5 Å². The fraction of sp³-hybridized carbons (Fsp3) is 0.412. The second kappa shape index (κ2) is 7.17. The van der Waals surface area contributed by atoms with Crippen LogP contribution in [0.25, 0.3) is 0 Å². The molecule has 0 fully saturated rings. The van der Waals surface area contributed by atoms with Gasteiger partial charge in [0.15, 0.2) is 0 Å². The lowest BCUT2D eigenvalue weighted by molar-refractivity contribution is -0.139. The van der Waals surface area contributed by atoms with Gasteiger partial charge in [0, 0.05) is 25.5 Å². The van der Waals surface area contributed by atoms with Crippen LogP contribution in [-0.2, 0) is 9.53 Å². The van der Waals surface area contributed by atoms with Crippen molar-refractivity contribution in [3.63, 3.8) is 0 Å². The lowest BCUT2D eigenvalue weighted by atomic mass is 9.95. The first-order chi connectivity index (χ1) is 10.9. The number of rotatable bonds is 5. The van der Waals surface area contributed by atoms with Crippen LogP contribution in [0.5, 0.6) is 0 Å². The van der Waals surface area contributed by atoms with Crippen LogP contribution in [0.1, 0.15) is 31.9 Å². The van der Waals surface area contributed by atoms with E-state index in [1.54, 1.807) is 6.92 Å². The van der Waals surface area contributed by atoms with Gasteiger partial charge in [-0.05, 0) is 31.0 Å². The van der Waals surface area contributed by atoms with Crippen LogP contribution in [0.4, 0.5) is 10.5 Å². The fourth-order valence-electron chi connectivity index (χ4n) is 2.45. The monoisotopic (exact) mass is 317 g/mol. The van der Waals surface area contributed by atoms with E-state index in [0.717, 1.165) is 17.7 Å². The molecule has 6 heteroatoms. The fourth-order valence-corrected chi connectivity index (χ4v) is 2.45. The molecule has 2 rings (SSSR count). The van der Waals surface area contributed by atoms with Gasteiger partial charge in [-0.1, -0.05) is 19.1 Å². The zero-order valence-corrected chi connectivity index (χ0v) is 14.0. The first kappa shape index (κ1) is 16.9. The van der Waals surface area contributed by atoms with Crippen LogP contribution in [0.15, 0.2) is 35.5 Å². The van der Waals surface area contributed by atoms with Gasteiger partial charge in [-0.25, -0.2) is 9.59 Å². The van der Waals surface area contributed by atoms with E-state index in [9.17, 15) is 9.59 Å². The van der Waals surface area contributed by atoms with Crippen molar-refractivity contribution in [2.75, 3.05) is 25.6 Å². The topological polar surface area (TPSA) is 70.7 Å². The molecule has 1 heterocycles. The first-order valence-corrected chi connectivity index (χ1v) is 7.66. The molecule has 0 radical (unpaired) electrons. The molecule has 1 aliphatic heterocycles. The lowest BCUT2D eigenvalue weighted by Gasteiger charge is -2.28. The third kappa shape index (κ3) is 3.83. The minimum atomic E-state index is -0.510. The maximum atomic E-state index is 12.4. The molecule has 0 aliphatic carbocycles. The van der Waals surface area contributed by atoms with Crippen molar-refractivity contribution in [3.05, 3.63) is 41.1 Å². The molecular formula is C17H23N3O3. The second-order valence-electron chi connectivity index (χ2n) is 5.69. The maximum absolute atomic E-state index is 12.4. The number of hydrogen-bond donors (Lipinski definition) is 2. The predicted octanol–water partition coefficient (Wildman–Crippen LogP) is 2.33. The number of esters is 1. The molecule has 124 valence electrons. The van der Waals surface area contributed by atoms with Gasteiger partial charge < -0.3 is 20.3 Å². The Bertz CT molecular complexity index is 620. The second-order valence-corrected chi connectivity index (χ2v) is 5.69. The molecule has 0 spiro atoms. The molecular weight excluding hydrogens is 294 g/mol. The summed E-state index contributed by atoms with van der Waals surface area (Å²) in [5.41, 5.74) is 2.85. The predicted molar refractivity (Wildman–Crippen MR) is 89.1 cm³/mol. The van der Waals surface area contributed by atoms with Crippen molar-refractivity contribution in [1.82, 2.24) is 10.6 Å². The average Bonchev–Trinajstić information content (AvgIpc) is 2.52. The normalized spacial score (nSPS) is 17.4. The Morgan fingerprint density at radius 2 is 1.91 bits per heavy atom. The Labute approximate surface area is 136 Å². The molecule has 1 aromatic rings. The molecule has 23 heavy (non-hydrogen) atoms. The summed E-state index contributed by atoms with van der Waals surface area (Å²) in [6, 6.07) is 6.89. The summed E-state index contributed by atoms with van der Waals surface area (Å²) in [5, 5.41) is 5.43. The van der Waals surface area contributed by atoms with Gasteiger partial charge in [-0.3, -0.25) is 0 Å². The molecule has 2 amide bonds. The van der Waals surface area contributed by atoms with Gasteiger partial charge in [-0.2, -0.15) is 0 Å². The minimum absolute atomic E-state index is 0.323. The van der Waals surface area contributed by atoms with Crippen molar-refractivity contribution in [1.29, 1.82) is 0 Å². The number of carbonyl (C=O) groups excluding carboxylic acids is 2. The lowest BCUT2D eigenvalue weighted by Crippen LogP contribution is -2.45. The standard InChI is InChI=1S/C17H23N3O3/c1-5-10-23-16(21)14-11(2)18-17(22)19-15(14)12-6-8-13(9-7-12)20(3)4/h6-9,15H,5,10H2,1-4H3,(H2,18,19,22)/t15-/m1/s1. The van der Waals surface area contributed by atoms with Gasteiger partial charge in [0.25, 0.3) is 0 Å². The summed E-state index contributed by atoms with van der Waals surface area (Å²) < 4.78 is 5.25. The number of benzene rings is 1. The van der Waals surface area contributed by atoms with E-state index in [1.165, 1.54) is 0 Å². The molecule has 0 unspecified atom stereocenters. The van der Waals surface area contributed by atoms with Crippen LogP contribution in [0.3, 0.4) is 0 Å². The van der Waals surface area contributed by atoms with Gasteiger partial charge in [0.1, 0.15) is 0 Å². The summed E-state index contributed by atoms with van der Waals surface area (Å²) in [4.78, 5) is 26.1. The summed E-state index contributed by atoms with van der Waals surface area (Å²) in [7, 11) is 3.91. The van der Waals surface area contributed by atoms with Crippen molar-refractivity contribution >= 4 is 17.7 Å². The van der Waals surface area contributed by atoms with Crippen LogP contribution in [0.2, 0.25) is 0 Å². The summed E-state index contributed by atoms with van der Waals surface area (Å²) in [5.74, 6) is -0.404. The molecule has 0 saturated heterocycles. The zero-order chi connectivity index (χ0) is 17.0. The minimum Gasteiger partial charge on any atom is -0.462 e. The Morgan fingerprint density at radius 3 is 2.48 bits per heavy atom. The molecule has 0 aromatic heterocycles. The van der Waals surface area contributed by atoms with Gasteiger partial charge in [0.2, 0.25) is 0 Å². The first-order valence-electron chi connectivity index (χ1n) is 7.66. The Morgan fingerprint density at radius 1 is 1.26 bits per heavy atom. The SMILES string of the molecule is CCCOC(=O)C1=C(C)NC(=O)N[C@@H]1c1ccc(N(C)C)cc1. The number of anilines is 1. The number of carbonyl (C=O) groups is 2. The highest BCUT2D eigenvalue weighted by molar-refractivity contribution is 5.95. The zero-order valence-electron chi connectivity index (χ0n) is 14.0. The number of amides is 2. The van der Waals surface area contributed by atoms with Crippen molar-refractivity contribution in [2.45, 2.75) is 26.3 Å². The van der Waals surface area contributed by atoms with E-state index < -0.39 is 12.0 Å². The smallest absolute Gasteiger partial charge is 0.338 e. The largest absolute Gasteiger partial charge is 0.462 e. The summed E-state index contributed by atoms with van der Waals surface area (Å²) in [6.07, 6.45) is 0.750. The average molecular weight is 317 g/mol. The Balaban J connectivity index is 2.34. The van der Waals surface area contributed by atoms with E-state index in [2.05, 4.69) is 10.6 Å². The third-order valence-electron chi connectivity index (χ3n) is 3.67. The molecule has 6 nitrogen and oxygen atoms in total. The van der Waals surface area contributed by atoms with Crippen LogP contribution in [-0.4, -0.2) is 32.7 Å². The quantitative estimate of drug-likeness (QED) is 0.818. The number of allylic oxidation sites excluding steroid dienone is 1. The van der Waals surface area contributed by atoms with Crippen molar-refractivity contribution in [2.24, 2.45) is 0 Å². The Kier molecular flexibility index (Phi) is 5.26. The van der Waals surface area contributed by atoms with E-state index in [-0.39, 0.29) is 6.03 Å². The molecule has 1 aromatic carbocycles. The highest BCUT2D eigenvalue weighted by Crippen LogP contribution is 2.28. The molecule has 2 N–H and O–H groups in total. The third-order valence-corrected chi connectivity index (χ3v) is 3.67. The van der Waals surface area contributed by atoms with Gasteiger partial charge >= 0.3 is 12.0 Å². The molecule has 0 bridgehead atoms. The number of nitrogens with zero attached hydrogens (tertiary/aromatic N) is 1.